The van der Waals surface area contributed by atoms with Crippen LogP contribution in [0.3, 0.4) is 0 Å². The lowest BCUT2D eigenvalue weighted by Crippen LogP contribution is -2.09. The van der Waals surface area contributed by atoms with Crippen LogP contribution in [0.25, 0.3) is 0 Å². The van der Waals surface area contributed by atoms with Gasteiger partial charge >= 0.3 is 0 Å². The number of hydrogen-bond donors (Lipinski definition) is 0. The molecule has 0 fully saturated rings. The summed E-state index contributed by atoms with van der Waals surface area (Å²) in [5, 5.41) is 0. The van der Waals surface area contributed by atoms with E-state index in [1.807, 2.05) is 0 Å². The van der Waals surface area contributed by atoms with E-state index in [0.717, 1.165) is 0 Å². The van der Waals surface area contributed by atoms with Crippen LogP contribution in [0.2, 0.25) is 0 Å². The number of hydrogen-bond acceptors (Lipinski definition) is 6. The average Bonchev–Trinajstić information content (AvgIpc) is 2.39. The first-order chi connectivity index (χ1) is 7.83. The zero-order valence-electron chi connectivity index (χ0n) is 8.49. The van der Waals surface area contributed by atoms with Gasteiger partial charge in [-0.3, -0.25) is 4.79 Å². The Bertz CT molecular complexity index is 501. The molecule has 2 rings (SSSR count). The standard InChI is InChI=1S/C10H8N4O2/c1-16-10-8(12-4-5-13-10)9(15)7-2-3-11-6-14-7/h2-6H,1H3. The maximum Gasteiger partial charge on any atom is 0.243 e. The molecule has 0 unspecified atom stereocenters. The van der Waals surface area contributed by atoms with Crippen LogP contribution in [-0.4, -0.2) is 32.8 Å². The highest BCUT2D eigenvalue weighted by Crippen LogP contribution is 2.13. The molecular formula is C10H8N4O2. The molecule has 0 radical (unpaired) electrons. The van der Waals surface area contributed by atoms with Crippen molar-refractivity contribution in [2.75, 3.05) is 7.11 Å². The van der Waals surface area contributed by atoms with Crippen molar-refractivity contribution in [2.45, 2.75) is 0 Å². The maximum atomic E-state index is 12.0. The molecule has 0 saturated heterocycles. The summed E-state index contributed by atoms with van der Waals surface area (Å²) in [6.45, 7) is 0. The van der Waals surface area contributed by atoms with Crippen LogP contribution < -0.4 is 4.74 Å². The molecule has 2 heterocycles. The minimum Gasteiger partial charge on any atom is -0.479 e. The second kappa shape index (κ2) is 4.43. The molecule has 0 aromatic carbocycles. The molecule has 6 nitrogen and oxygen atoms in total. The Hall–Kier alpha value is -2.37. The molecule has 2 aromatic rings. The van der Waals surface area contributed by atoms with Crippen LogP contribution >= 0.6 is 0 Å². The quantitative estimate of drug-likeness (QED) is 0.695. The van der Waals surface area contributed by atoms with E-state index in [1.165, 1.54) is 38.1 Å². The second-order valence-corrected chi connectivity index (χ2v) is 2.84. The Morgan fingerprint density at radius 3 is 2.69 bits per heavy atom. The molecule has 0 bridgehead atoms. The predicted octanol–water partition coefficient (Wildman–Crippen LogP) is 0.506. The number of ether oxygens (including phenoxy) is 1. The van der Waals surface area contributed by atoms with Crippen molar-refractivity contribution >= 4 is 5.78 Å². The molecular weight excluding hydrogens is 208 g/mol. The molecule has 0 aliphatic heterocycles. The zero-order valence-corrected chi connectivity index (χ0v) is 8.49. The average molecular weight is 216 g/mol. The van der Waals surface area contributed by atoms with E-state index in [4.69, 9.17) is 4.74 Å². The molecule has 0 aliphatic carbocycles. The SMILES string of the molecule is COc1nccnc1C(=O)c1ccncn1. The second-order valence-electron chi connectivity index (χ2n) is 2.84. The third-order valence-electron chi connectivity index (χ3n) is 1.89. The third-order valence-corrected chi connectivity index (χ3v) is 1.89. The predicted molar refractivity (Wildman–Crippen MR) is 54.0 cm³/mol. The van der Waals surface area contributed by atoms with Crippen molar-refractivity contribution in [2.24, 2.45) is 0 Å². The van der Waals surface area contributed by atoms with E-state index in [1.54, 1.807) is 0 Å². The number of nitrogens with zero attached hydrogens (tertiary/aromatic N) is 4. The van der Waals surface area contributed by atoms with Gasteiger partial charge in [-0.15, -0.1) is 0 Å². The molecule has 0 atom stereocenters. The van der Waals surface area contributed by atoms with Gasteiger partial charge in [-0.05, 0) is 6.07 Å². The summed E-state index contributed by atoms with van der Waals surface area (Å²) in [4.78, 5) is 27.4. The fourth-order valence-electron chi connectivity index (χ4n) is 1.18. The number of rotatable bonds is 3. The molecule has 0 spiro atoms. The van der Waals surface area contributed by atoms with Crippen molar-refractivity contribution in [3.63, 3.8) is 0 Å². The molecule has 0 amide bonds. The van der Waals surface area contributed by atoms with E-state index in [2.05, 4.69) is 19.9 Å². The summed E-state index contributed by atoms with van der Waals surface area (Å²) >= 11 is 0. The zero-order chi connectivity index (χ0) is 11.4. The highest BCUT2D eigenvalue weighted by atomic mass is 16.5. The van der Waals surface area contributed by atoms with Crippen molar-refractivity contribution in [1.29, 1.82) is 0 Å². The van der Waals surface area contributed by atoms with Crippen LogP contribution in [0.4, 0.5) is 0 Å². The first kappa shape index (κ1) is 10.2. The highest BCUT2D eigenvalue weighted by Gasteiger charge is 2.17. The van der Waals surface area contributed by atoms with Crippen LogP contribution in [0.1, 0.15) is 16.2 Å². The molecule has 6 heteroatoms. The Morgan fingerprint density at radius 2 is 2.00 bits per heavy atom. The Kier molecular flexibility index (Phi) is 2.81. The summed E-state index contributed by atoms with van der Waals surface area (Å²) in [7, 11) is 1.43. The van der Waals surface area contributed by atoms with Crippen molar-refractivity contribution < 1.29 is 9.53 Å². The minimum atomic E-state index is -0.340. The molecule has 0 N–H and O–H groups in total. The summed E-state index contributed by atoms with van der Waals surface area (Å²) in [6.07, 6.45) is 5.67. The normalized spacial score (nSPS) is 9.81. The Balaban J connectivity index is 2.42. The number of carbonyl (C=O) groups excluding carboxylic acids is 1. The lowest BCUT2D eigenvalue weighted by Gasteiger charge is -2.03. The monoisotopic (exact) mass is 216 g/mol. The minimum absolute atomic E-state index is 0.142. The number of methoxy groups -OCH3 is 1. The molecule has 0 saturated carbocycles. The van der Waals surface area contributed by atoms with Gasteiger partial charge in [-0.25, -0.2) is 19.9 Å². The van der Waals surface area contributed by atoms with E-state index in [-0.39, 0.29) is 23.1 Å². The fraction of sp³-hybridized carbons (Fsp3) is 0.100. The van der Waals surface area contributed by atoms with Gasteiger partial charge in [0.2, 0.25) is 11.7 Å². The smallest absolute Gasteiger partial charge is 0.243 e. The van der Waals surface area contributed by atoms with E-state index in [0.29, 0.717) is 0 Å². The Labute approximate surface area is 91.4 Å². The molecule has 2 aromatic heterocycles. The van der Waals surface area contributed by atoms with Gasteiger partial charge in [-0.1, -0.05) is 0 Å². The summed E-state index contributed by atoms with van der Waals surface area (Å²) in [5.74, 6) is -0.154. The number of ketones is 1. The lowest BCUT2D eigenvalue weighted by molar-refractivity contribution is 0.102. The fourth-order valence-corrected chi connectivity index (χ4v) is 1.18. The van der Waals surface area contributed by atoms with E-state index in [9.17, 15) is 4.79 Å². The van der Waals surface area contributed by atoms with Gasteiger partial charge in [0.1, 0.15) is 12.0 Å². The topological polar surface area (TPSA) is 77.9 Å². The third kappa shape index (κ3) is 1.85. The summed E-state index contributed by atoms with van der Waals surface area (Å²) in [6, 6.07) is 1.51. The first-order valence-corrected chi connectivity index (χ1v) is 4.48. The molecule has 16 heavy (non-hydrogen) atoms. The first-order valence-electron chi connectivity index (χ1n) is 4.48. The van der Waals surface area contributed by atoms with Gasteiger partial charge in [0, 0.05) is 18.6 Å². The largest absolute Gasteiger partial charge is 0.479 e. The van der Waals surface area contributed by atoms with Crippen LogP contribution in [0.5, 0.6) is 5.88 Å². The summed E-state index contributed by atoms with van der Waals surface area (Å²) < 4.78 is 4.95. The van der Waals surface area contributed by atoms with Gasteiger partial charge in [0.05, 0.1) is 7.11 Å². The molecule has 80 valence electrons. The van der Waals surface area contributed by atoms with Gasteiger partial charge in [0.15, 0.2) is 5.69 Å². The van der Waals surface area contributed by atoms with E-state index >= 15 is 0 Å². The number of aromatic nitrogens is 4. The van der Waals surface area contributed by atoms with Gasteiger partial charge in [-0.2, -0.15) is 0 Å². The van der Waals surface area contributed by atoms with Crippen LogP contribution in [-0.2, 0) is 0 Å². The number of carbonyl (C=O) groups is 1. The van der Waals surface area contributed by atoms with Crippen molar-refractivity contribution in [3.05, 3.63) is 42.4 Å². The van der Waals surface area contributed by atoms with Crippen molar-refractivity contribution in [3.8, 4) is 5.88 Å². The van der Waals surface area contributed by atoms with Crippen molar-refractivity contribution in [1.82, 2.24) is 19.9 Å². The maximum absolute atomic E-state index is 12.0. The summed E-state index contributed by atoms with van der Waals surface area (Å²) in [5.41, 5.74) is 0.400. The molecule has 0 aliphatic rings. The van der Waals surface area contributed by atoms with Gasteiger partial charge in [0.25, 0.3) is 0 Å². The van der Waals surface area contributed by atoms with E-state index < -0.39 is 0 Å². The van der Waals surface area contributed by atoms with Gasteiger partial charge < -0.3 is 4.74 Å². The Morgan fingerprint density at radius 1 is 1.19 bits per heavy atom. The highest BCUT2D eigenvalue weighted by molar-refractivity contribution is 6.07. The van der Waals surface area contributed by atoms with Crippen LogP contribution in [0.15, 0.2) is 31.0 Å². The lowest BCUT2D eigenvalue weighted by atomic mass is 10.2. The van der Waals surface area contributed by atoms with Crippen LogP contribution in [0, 0.1) is 0 Å².